The molecule has 3 aromatic rings. The van der Waals surface area contributed by atoms with Gasteiger partial charge in [0, 0.05) is 25.1 Å². The molecule has 0 spiro atoms. The van der Waals surface area contributed by atoms with E-state index in [0.717, 1.165) is 22.4 Å². The number of carbonyl (C=O) groups excluding carboxylic acids is 1. The second-order valence-corrected chi connectivity index (χ2v) is 7.27. The van der Waals surface area contributed by atoms with Crippen molar-refractivity contribution in [3.8, 4) is 5.88 Å². The van der Waals surface area contributed by atoms with Gasteiger partial charge in [-0.2, -0.15) is 0 Å². The Kier molecular flexibility index (Phi) is 5.25. The number of rotatable bonds is 7. The number of aliphatic hydroxyl groups is 1. The van der Waals surface area contributed by atoms with Crippen molar-refractivity contribution in [3.05, 3.63) is 54.0 Å². The maximum absolute atomic E-state index is 12.6. The van der Waals surface area contributed by atoms with E-state index in [4.69, 9.17) is 4.74 Å². The van der Waals surface area contributed by atoms with E-state index in [1.54, 1.807) is 19.4 Å². The van der Waals surface area contributed by atoms with Gasteiger partial charge >= 0.3 is 0 Å². The summed E-state index contributed by atoms with van der Waals surface area (Å²) in [7, 11) is 1.57. The van der Waals surface area contributed by atoms with Gasteiger partial charge in [0.05, 0.1) is 30.3 Å². The van der Waals surface area contributed by atoms with E-state index in [2.05, 4.69) is 20.3 Å². The van der Waals surface area contributed by atoms with Crippen LogP contribution in [0.25, 0.3) is 11.0 Å². The summed E-state index contributed by atoms with van der Waals surface area (Å²) < 4.78 is 5.11. The fourth-order valence-corrected chi connectivity index (χ4v) is 3.67. The minimum Gasteiger partial charge on any atom is -0.481 e. The number of methoxy groups -OCH3 is 1. The van der Waals surface area contributed by atoms with Gasteiger partial charge in [-0.25, -0.2) is 9.97 Å². The van der Waals surface area contributed by atoms with Gasteiger partial charge in [0.2, 0.25) is 11.8 Å². The Morgan fingerprint density at radius 3 is 2.82 bits per heavy atom. The summed E-state index contributed by atoms with van der Waals surface area (Å²) in [6, 6.07) is 11.4. The first-order chi connectivity index (χ1) is 13.6. The first kappa shape index (κ1) is 18.4. The number of carbonyl (C=O) groups is 1. The Balaban J connectivity index is 1.41. The molecule has 0 bridgehead atoms. The molecular weight excluding hydrogens is 356 g/mol. The Morgan fingerprint density at radius 1 is 1.32 bits per heavy atom. The van der Waals surface area contributed by atoms with Crippen LogP contribution >= 0.6 is 0 Å². The van der Waals surface area contributed by atoms with Crippen LogP contribution in [0.1, 0.15) is 36.7 Å². The fourth-order valence-electron chi connectivity index (χ4n) is 3.67. The van der Waals surface area contributed by atoms with Crippen LogP contribution in [0.2, 0.25) is 0 Å². The number of hydrogen-bond acceptors (Lipinski definition) is 5. The Bertz CT molecular complexity index is 915. The normalized spacial score (nSPS) is 19.8. The van der Waals surface area contributed by atoms with Crippen LogP contribution in [0.5, 0.6) is 5.88 Å². The molecule has 3 N–H and O–H groups in total. The molecule has 4 rings (SSSR count). The zero-order valence-corrected chi connectivity index (χ0v) is 15.8. The van der Waals surface area contributed by atoms with Crippen LogP contribution in [0.3, 0.4) is 0 Å². The number of ether oxygens (including phenoxy) is 1. The summed E-state index contributed by atoms with van der Waals surface area (Å²) in [6.07, 6.45) is 3.69. The van der Waals surface area contributed by atoms with Crippen LogP contribution < -0.4 is 10.1 Å². The molecule has 2 heterocycles. The maximum atomic E-state index is 12.6. The van der Waals surface area contributed by atoms with E-state index < -0.39 is 0 Å². The second kappa shape index (κ2) is 7.98. The topological polar surface area (TPSA) is 100 Å². The lowest BCUT2D eigenvalue weighted by Crippen LogP contribution is -2.41. The monoisotopic (exact) mass is 380 g/mol. The SMILES string of the molecule is COc1ccc([C@@H](NC(=O)CCc2nc3ccccc3[nH]2)C2CC(O)C2)cn1. The van der Waals surface area contributed by atoms with Crippen molar-refractivity contribution >= 4 is 16.9 Å². The number of para-hydroxylation sites is 2. The fraction of sp³-hybridized carbons (Fsp3) is 0.381. The van der Waals surface area contributed by atoms with Crippen LogP contribution in [0.4, 0.5) is 0 Å². The lowest BCUT2D eigenvalue weighted by Gasteiger charge is -2.38. The van der Waals surface area contributed by atoms with Gasteiger partial charge in [0.15, 0.2) is 0 Å². The molecule has 0 radical (unpaired) electrons. The molecule has 1 aliphatic rings. The van der Waals surface area contributed by atoms with Crippen LogP contribution in [-0.2, 0) is 11.2 Å². The number of amides is 1. The third-order valence-electron chi connectivity index (χ3n) is 5.29. The van der Waals surface area contributed by atoms with E-state index in [1.807, 2.05) is 30.3 Å². The highest BCUT2D eigenvalue weighted by Crippen LogP contribution is 2.38. The van der Waals surface area contributed by atoms with Gasteiger partial charge < -0.3 is 20.1 Å². The van der Waals surface area contributed by atoms with E-state index in [0.29, 0.717) is 31.6 Å². The van der Waals surface area contributed by atoms with E-state index in [-0.39, 0.29) is 24.0 Å². The average molecular weight is 380 g/mol. The quantitative estimate of drug-likeness (QED) is 0.585. The average Bonchev–Trinajstić information content (AvgIpc) is 3.11. The molecule has 146 valence electrons. The number of aromatic amines is 1. The van der Waals surface area contributed by atoms with Crippen LogP contribution in [-0.4, -0.2) is 39.2 Å². The third-order valence-corrected chi connectivity index (χ3v) is 5.29. The van der Waals surface area contributed by atoms with Gasteiger partial charge in [-0.15, -0.1) is 0 Å². The number of aromatic nitrogens is 3. The van der Waals surface area contributed by atoms with Crippen LogP contribution in [0.15, 0.2) is 42.6 Å². The first-order valence-corrected chi connectivity index (χ1v) is 9.53. The van der Waals surface area contributed by atoms with Crippen molar-refractivity contribution in [1.29, 1.82) is 0 Å². The number of aryl methyl sites for hydroxylation is 1. The molecule has 7 nitrogen and oxygen atoms in total. The molecule has 1 fully saturated rings. The Hall–Kier alpha value is -2.93. The van der Waals surface area contributed by atoms with Crippen molar-refractivity contribution in [1.82, 2.24) is 20.3 Å². The molecule has 1 saturated carbocycles. The summed E-state index contributed by atoms with van der Waals surface area (Å²) in [5.74, 6) is 1.51. The highest BCUT2D eigenvalue weighted by molar-refractivity contribution is 5.77. The maximum Gasteiger partial charge on any atom is 0.220 e. The number of hydrogen-bond donors (Lipinski definition) is 3. The van der Waals surface area contributed by atoms with Gasteiger partial charge in [0.1, 0.15) is 5.82 Å². The zero-order chi connectivity index (χ0) is 19.5. The first-order valence-electron chi connectivity index (χ1n) is 9.53. The molecule has 2 aromatic heterocycles. The summed E-state index contributed by atoms with van der Waals surface area (Å²) in [4.78, 5) is 24.6. The third kappa shape index (κ3) is 3.99. The van der Waals surface area contributed by atoms with Crippen molar-refractivity contribution in [3.63, 3.8) is 0 Å². The zero-order valence-electron chi connectivity index (χ0n) is 15.8. The molecule has 0 saturated heterocycles. The second-order valence-electron chi connectivity index (χ2n) is 7.27. The molecule has 0 aliphatic heterocycles. The van der Waals surface area contributed by atoms with Gasteiger partial charge in [0.25, 0.3) is 0 Å². The van der Waals surface area contributed by atoms with E-state index in [1.165, 1.54) is 0 Å². The van der Waals surface area contributed by atoms with Crippen molar-refractivity contribution < 1.29 is 14.6 Å². The summed E-state index contributed by atoms with van der Waals surface area (Å²) in [5.41, 5.74) is 2.81. The van der Waals surface area contributed by atoms with Crippen LogP contribution in [0, 0.1) is 5.92 Å². The number of H-pyrrole nitrogens is 1. The molecule has 1 atom stereocenters. The number of nitrogens with one attached hydrogen (secondary N) is 2. The molecule has 1 aromatic carbocycles. The number of fused-ring (bicyclic) bond motifs is 1. The summed E-state index contributed by atoms with van der Waals surface area (Å²) >= 11 is 0. The van der Waals surface area contributed by atoms with Crippen molar-refractivity contribution in [2.45, 2.75) is 37.8 Å². The van der Waals surface area contributed by atoms with Gasteiger partial charge in [-0.05, 0) is 36.5 Å². The number of imidazole rings is 1. The molecule has 28 heavy (non-hydrogen) atoms. The van der Waals surface area contributed by atoms with Gasteiger partial charge in [-0.3, -0.25) is 4.79 Å². The standard InChI is InChI=1S/C21H24N4O3/c1-28-20-9-6-13(12-22-20)21(14-10-15(26)11-14)25-19(27)8-7-18-23-16-4-2-3-5-17(16)24-18/h2-6,9,12,14-15,21,26H,7-8,10-11H2,1H3,(H,23,24)(H,25,27)/t14?,15?,21-/m1/s1. The lowest BCUT2D eigenvalue weighted by atomic mass is 9.75. The summed E-state index contributed by atoms with van der Waals surface area (Å²) in [5, 5.41) is 12.8. The molecular formula is C21H24N4O3. The predicted molar refractivity (Wildman–Crippen MR) is 105 cm³/mol. The Labute approximate surface area is 163 Å². The lowest BCUT2D eigenvalue weighted by molar-refractivity contribution is -0.123. The molecule has 1 amide bonds. The number of pyridine rings is 1. The smallest absolute Gasteiger partial charge is 0.220 e. The van der Waals surface area contributed by atoms with E-state index in [9.17, 15) is 9.90 Å². The van der Waals surface area contributed by atoms with Crippen molar-refractivity contribution in [2.75, 3.05) is 7.11 Å². The van der Waals surface area contributed by atoms with Gasteiger partial charge in [-0.1, -0.05) is 18.2 Å². The number of benzene rings is 1. The minimum atomic E-state index is -0.286. The predicted octanol–water partition coefficient (Wildman–Crippen LogP) is 2.53. The Morgan fingerprint density at radius 2 is 2.14 bits per heavy atom. The molecule has 1 aliphatic carbocycles. The summed E-state index contributed by atoms with van der Waals surface area (Å²) in [6.45, 7) is 0. The molecule has 7 heteroatoms. The highest BCUT2D eigenvalue weighted by Gasteiger charge is 2.35. The number of nitrogens with zero attached hydrogens (tertiary/aromatic N) is 2. The largest absolute Gasteiger partial charge is 0.481 e. The van der Waals surface area contributed by atoms with Crippen molar-refractivity contribution in [2.24, 2.45) is 5.92 Å². The minimum absolute atomic E-state index is 0.0392. The van der Waals surface area contributed by atoms with E-state index >= 15 is 0 Å². The molecule has 0 unspecified atom stereocenters. The highest BCUT2D eigenvalue weighted by atomic mass is 16.5. The number of aliphatic hydroxyl groups excluding tert-OH is 1.